The first kappa shape index (κ1) is 51.1. The molecule has 0 unspecified atom stereocenters. The zero-order chi connectivity index (χ0) is 39.6. The van der Waals surface area contributed by atoms with Crippen LogP contribution < -0.4 is 0 Å². The molecule has 0 aliphatic heterocycles. The van der Waals surface area contributed by atoms with E-state index in [0.29, 0.717) is 24.8 Å². The molecule has 0 saturated heterocycles. The zero-order valence-electron chi connectivity index (χ0n) is 35.3. The molecule has 1 rings (SSSR count). The number of hydrogen-bond donors (Lipinski definition) is 2. The lowest BCUT2D eigenvalue weighted by molar-refractivity contribution is 0.402. The van der Waals surface area contributed by atoms with Gasteiger partial charge in [0.15, 0.2) is 0 Å². The predicted octanol–water partition coefficient (Wildman–Crippen LogP) is 14.9. The van der Waals surface area contributed by atoms with Crippen molar-refractivity contribution in [3.05, 3.63) is 35.4 Å². The van der Waals surface area contributed by atoms with E-state index in [4.69, 9.17) is 0 Å². The van der Waals surface area contributed by atoms with E-state index in [9.17, 15) is 25.9 Å². The van der Waals surface area contributed by atoms with Gasteiger partial charge in [-0.2, -0.15) is 16.8 Å². The Hall–Kier alpha value is -0.960. The van der Waals surface area contributed by atoms with Crippen LogP contribution in [0, 0.1) is 0 Å². The van der Waals surface area contributed by atoms with E-state index >= 15 is 0 Å². The number of hydrogen-bond acceptors (Lipinski definition) is 4. The molecule has 0 amide bonds. The summed E-state index contributed by atoms with van der Waals surface area (Å²) in [5.74, 6) is 0. The smallest absolute Gasteiger partial charge is 0.284 e. The molecule has 8 heteroatoms. The highest BCUT2D eigenvalue weighted by molar-refractivity contribution is 8.05. The molecule has 0 fully saturated rings. The lowest BCUT2D eigenvalue weighted by atomic mass is 9.95. The van der Waals surface area contributed by atoms with Crippen molar-refractivity contribution in [1.82, 2.24) is 0 Å². The van der Waals surface area contributed by atoms with Crippen molar-refractivity contribution in [3.8, 4) is 0 Å². The molecule has 0 heterocycles. The minimum atomic E-state index is -5.11. The van der Waals surface area contributed by atoms with Gasteiger partial charge in [-0.05, 0) is 30.4 Å². The van der Waals surface area contributed by atoms with E-state index in [1.54, 1.807) is 12.1 Å². The average molecular weight is 799 g/mol. The highest BCUT2D eigenvalue weighted by Gasteiger charge is 2.54. The van der Waals surface area contributed by atoms with E-state index < -0.39 is 30.7 Å². The molecule has 0 radical (unpaired) electrons. The summed E-state index contributed by atoms with van der Waals surface area (Å²) in [6, 6.07) is 7.30. The van der Waals surface area contributed by atoms with E-state index in [0.717, 1.165) is 44.1 Å². The maximum absolute atomic E-state index is 12.8. The van der Waals surface area contributed by atoms with Gasteiger partial charge in [0.2, 0.25) is 4.08 Å². The van der Waals surface area contributed by atoms with E-state index in [2.05, 4.69) is 13.8 Å². The molecule has 0 aromatic heterocycles. The molecule has 0 bridgehead atoms. The van der Waals surface area contributed by atoms with Crippen molar-refractivity contribution in [2.75, 3.05) is 0 Å². The summed E-state index contributed by atoms with van der Waals surface area (Å²) >= 11 is 0. The van der Waals surface area contributed by atoms with E-state index in [-0.39, 0.29) is 6.42 Å². The number of aryl methyl sites for hydroxylation is 1. The summed E-state index contributed by atoms with van der Waals surface area (Å²) in [4.78, 5) is 0. The Morgan fingerprint density at radius 2 is 0.648 bits per heavy atom. The molecule has 0 spiro atoms. The topological polar surface area (TPSA) is 109 Å². The Balaban J connectivity index is 2.35. The quantitative estimate of drug-likeness (QED) is 0.0505. The minimum absolute atomic E-state index is 0.305. The first-order valence-corrected chi connectivity index (χ1v) is 26.0. The van der Waals surface area contributed by atoms with Gasteiger partial charge in [0.05, 0.1) is 0 Å². The lowest BCUT2D eigenvalue weighted by Crippen LogP contribution is -2.48. The Morgan fingerprint density at radius 3 is 0.944 bits per heavy atom. The number of unbranched alkanes of at least 4 members (excludes halogenated alkanes) is 32. The first-order chi connectivity index (χ1) is 26.1. The highest BCUT2D eigenvalue weighted by Crippen LogP contribution is 2.35. The van der Waals surface area contributed by atoms with Crippen LogP contribution in [0.2, 0.25) is 0 Å². The van der Waals surface area contributed by atoms with Gasteiger partial charge < -0.3 is 0 Å². The van der Waals surface area contributed by atoms with Crippen molar-refractivity contribution >= 4 is 20.2 Å². The largest absolute Gasteiger partial charge is 0.288 e. The normalized spacial score (nSPS) is 12.5. The molecule has 0 aliphatic rings. The molecule has 0 saturated carbocycles. The van der Waals surface area contributed by atoms with Crippen LogP contribution in [0.15, 0.2) is 24.3 Å². The summed E-state index contributed by atoms with van der Waals surface area (Å²) in [5, 5.41) is 0. The van der Waals surface area contributed by atoms with Crippen molar-refractivity contribution in [2.24, 2.45) is 0 Å². The Bertz CT molecular complexity index is 1180. The van der Waals surface area contributed by atoms with Crippen LogP contribution in [-0.2, 0) is 33.1 Å². The van der Waals surface area contributed by atoms with E-state index in [1.807, 2.05) is 12.1 Å². The van der Waals surface area contributed by atoms with Crippen LogP contribution in [0.1, 0.15) is 250 Å². The average Bonchev–Trinajstić information content (AvgIpc) is 3.13. The second-order valence-electron chi connectivity index (χ2n) is 16.6. The monoisotopic (exact) mass is 799 g/mol. The van der Waals surface area contributed by atoms with Crippen LogP contribution >= 0.6 is 0 Å². The van der Waals surface area contributed by atoms with Crippen molar-refractivity contribution in [3.63, 3.8) is 0 Å². The van der Waals surface area contributed by atoms with Crippen LogP contribution in [0.25, 0.3) is 0 Å². The molecular weight excluding hydrogens is 713 g/mol. The van der Waals surface area contributed by atoms with Crippen molar-refractivity contribution in [2.45, 2.75) is 255 Å². The minimum Gasteiger partial charge on any atom is -0.284 e. The van der Waals surface area contributed by atoms with Gasteiger partial charge in [-0.25, -0.2) is 0 Å². The summed E-state index contributed by atoms with van der Waals surface area (Å²) in [6.45, 7) is 4.52. The van der Waals surface area contributed by atoms with Gasteiger partial charge in [-0.15, -0.1) is 0 Å². The maximum atomic E-state index is 12.8. The lowest BCUT2D eigenvalue weighted by Gasteiger charge is -2.28. The Labute approximate surface area is 335 Å². The molecule has 54 heavy (non-hydrogen) atoms. The van der Waals surface area contributed by atoms with Gasteiger partial charge in [0, 0.05) is 6.42 Å². The number of benzene rings is 1. The third-order valence-corrected chi connectivity index (χ3v) is 15.6. The molecule has 0 atom stereocenters. The fraction of sp³-hybridized carbons (Fsp3) is 0.870. The molecule has 6 nitrogen and oxygen atoms in total. The summed E-state index contributed by atoms with van der Waals surface area (Å²) in [7, 11) is -10.2. The third kappa shape index (κ3) is 24.6. The predicted molar refractivity (Wildman–Crippen MR) is 233 cm³/mol. The molecule has 1 aromatic carbocycles. The van der Waals surface area contributed by atoms with E-state index in [1.165, 1.54) is 167 Å². The molecular formula is C46H86O6S2. The standard InChI is InChI=1S/C46H86O6S2/c1-3-5-7-9-11-13-15-17-19-21-22-23-25-27-29-31-33-35-39-44-40-36-37-41-45(44)43-46(53(47,48)49,54(50,51)52)42-38-34-32-30-28-26-24-20-18-16-14-12-10-8-6-4-2/h36-37,40-41H,3-35,38-39,42-43H2,1-2H3,(H,47,48,49)(H,50,51,52). The summed E-state index contributed by atoms with van der Waals surface area (Å²) < 4.78 is 69.0. The Morgan fingerprint density at radius 1 is 0.389 bits per heavy atom. The summed E-state index contributed by atoms with van der Waals surface area (Å²) in [6.07, 6.45) is 41.9. The third-order valence-electron chi connectivity index (χ3n) is 11.7. The maximum Gasteiger partial charge on any atom is 0.288 e. The van der Waals surface area contributed by atoms with Crippen LogP contribution in [0.5, 0.6) is 0 Å². The second-order valence-corrected chi connectivity index (χ2v) is 20.3. The Kier molecular flexibility index (Phi) is 31.3. The molecule has 1 aromatic rings. The SMILES string of the molecule is CCCCCCCCCCCCCCCCCCCCc1ccccc1CC(CCCCCCCCCCCCCCCCCC)(S(=O)(=O)O)S(=O)(=O)O. The second kappa shape index (κ2) is 33.1. The van der Waals surface area contributed by atoms with Gasteiger partial charge in [0.1, 0.15) is 0 Å². The van der Waals surface area contributed by atoms with Gasteiger partial charge in [-0.3, -0.25) is 9.11 Å². The molecule has 0 aliphatic carbocycles. The fourth-order valence-corrected chi connectivity index (χ4v) is 10.6. The van der Waals surface area contributed by atoms with Crippen LogP contribution in [-0.4, -0.2) is 30.0 Å². The first-order valence-electron chi connectivity index (χ1n) is 23.1. The van der Waals surface area contributed by atoms with Gasteiger partial charge >= 0.3 is 0 Å². The molecule has 2 N–H and O–H groups in total. The van der Waals surface area contributed by atoms with Crippen molar-refractivity contribution in [1.29, 1.82) is 0 Å². The summed E-state index contributed by atoms with van der Waals surface area (Å²) in [5.41, 5.74) is 1.45. The molecule has 318 valence electrons. The van der Waals surface area contributed by atoms with Gasteiger partial charge in [0.25, 0.3) is 20.2 Å². The van der Waals surface area contributed by atoms with Crippen LogP contribution in [0.4, 0.5) is 0 Å². The zero-order valence-corrected chi connectivity index (χ0v) is 36.9. The fourth-order valence-electron chi connectivity index (χ4n) is 8.09. The van der Waals surface area contributed by atoms with Gasteiger partial charge in [-0.1, -0.05) is 250 Å². The number of rotatable bonds is 40. The highest BCUT2D eigenvalue weighted by atomic mass is 32.3. The van der Waals surface area contributed by atoms with Crippen molar-refractivity contribution < 1.29 is 25.9 Å². The van der Waals surface area contributed by atoms with Crippen LogP contribution in [0.3, 0.4) is 0 Å².